The largest absolute Gasteiger partial charge is 0.457 e. The van der Waals surface area contributed by atoms with Crippen LogP contribution in [0.4, 0.5) is 0 Å². The lowest BCUT2D eigenvalue weighted by Gasteiger charge is -2.10. The van der Waals surface area contributed by atoms with Gasteiger partial charge < -0.3 is 10.1 Å². The summed E-state index contributed by atoms with van der Waals surface area (Å²) >= 11 is 0. The minimum absolute atomic E-state index is 0.0119. The first-order valence-corrected chi connectivity index (χ1v) is 10.1. The number of carbonyl (C=O) groups excluding carboxylic acids is 2. The molecule has 5 nitrogen and oxygen atoms in total. The molecule has 154 valence electrons. The molecule has 0 unspecified atom stereocenters. The first-order valence-electron chi connectivity index (χ1n) is 10.1. The maximum absolute atomic E-state index is 12.7. The van der Waals surface area contributed by atoms with Crippen molar-refractivity contribution in [3.05, 3.63) is 107 Å². The summed E-state index contributed by atoms with van der Waals surface area (Å²) in [6.45, 7) is 1.89. The van der Waals surface area contributed by atoms with E-state index in [1.54, 1.807) is 30.5 Å². The van der Waals surface area contributed by atoms with E-state index in [0.717, 1.165) is 16.8 Å². The van der Waals surface area contributed by atoms with Crippen LogP contribution in [0.15, 0.2) is 84.6 Å². The maximum Gasteiger partial charge on any atom is 0.251 e. The number of aromatic nitrogens is 1. The van der Waals surface area contributed by atoms with Crippen molar-refractivity contribution in [3.63, 3.8) is 0 Å². The molecule has 1 aliphatic carbocycles. The number of nitrogens with zero attached hydrogens (tertiary/aromatic N) is 1. The van der Waals surface area contributed by atoms with Crippen LogP contribution in [0.25, 0.3) is 6.08 Å². The fourth-order valence-electron chi connectivity index (χ4n) is 3.32. The molecular formula is C26H22N2O3. The highest BCUT2D eigenvalue weighted by molar-refractivity contribution is 6.01. The highest BCUT2D eigenvalue weighted by Gasteiger charge is 2.11. The van der Waals surface area contributed by atoms with Gasteiger partial charge in [0, 0.05) is 30.3 Å². The van der Waals surface area contributed by atoms with Crippen LogP contribution in [-0.4, -0.2) is 16.7 Å². The van der Waals surface area contributed by atoms with E-state index in [-0.39, 0.29) is 11.7 Å². The molecule has 4 rings (SSSR count). The Kier molecular flexibility index (Phi) is 6.03. The molecule has 0 saturated carbocycles. The second kappa shape index (κ2) is 9.22. The van der Waals surface area contributed by atoms with Crippen molar-refractivity contribution in [2.24, 2.45) is 0 Å². The van der Waals surface area contributed by atoms with Crippen molar-refractivity contribution in [3.8, 4) is 11.5 Å². The molecule has 0 atom stereocenters. The summed E-state index contributed by atoms with van der Waals surface area (Å²) in [6.07, 6.45) is 8.11. The van der Waals surface area contributed by atoms with E-state index >= 15 is 0 Å². The van der Waals surface area contributed by atoms with Crippen LogP contribution >= 0.6 is 0 Å². The first kappa shape index (κ1) is 20.3. The van der Waals surface area contributed by atoms with Crippen molar-refractivity contribution in [1.29, 1.82) is 0 Å². The van der Waals surface area contributed by atoms with E-state index in [1.165, 1.54) is 6.92 Å². The van der Waals surface area contributed by atoms with Crippen molar-refractivity contribution < 1.29 is 14.3 Å². The number of ketones is 1. The Balaban J connectivity index is 1.43. The quantitative estimate of drug-likeness (QED) is 0.588. The second-order valence-corrected chi connectivity index (χ2v) is 7.26. The predicted octanol–water partition coefficient (Wildman–Crippen LogP) is 4.89. The molecule has 1 aliphatic rings. The van der Waals surface area contributed by atoms with Crippen molar-refractivity contribution in [1.82, 2.24) is 10.3 Å². The zero-order valence-corrected chi connectivity index (χ0v) is 17.2. The summed E-state index contributed by atoms with van der Waals surface area (Å²) < 4.78 is 5.89. The third kappa shape index (κ3) is 5.14. The number of allylic oxidation sites excluding steroid dienone is 1. The van der Waals surface area contributed by atoms with E-state index in [9.17, 15) is 9.59 Å². The lowest BCUT2D eigenvalue weighted by Crippen LogP contribution is -2.23. The minimum atomic E-state index is -0.145. The van der Waals surface area contributed by atoms with E-state index < -0.39 is 0 Å². The highest BCUT2D eigenvalue weighted by Crippen LogP contribution is 2.23. The second-order valence-electron chi connectivity index (χ2n) is 7.26. The molecular weight excluding hydrogens is 388 g/mol. The van der Waals surface area contributed by atoms with Gasteiger partial charge in [0.1, 0.15) is 11.5 Å². The van der Waals surface area contributed by atoms with Crippen molar-refractivity contribution in [2.45, 2.75) is 19.9 Å². The van der Waals surface area contributed by atoms with Crippen LogP contribution in [0.2, 0.25) is 0 Å². The summed E-state index contributed by atoms with van der Waals surface area (Å²) in [7, 11) is 0. The van der Waals surface area contributed by atoms with Gasteiger partial charge in [-0.25, -0.2) is 0 Å². The molecule has 0 aliphatic heterocycles. The SMILES string of the molecule is CC(=O)c1cccc(Oc2cccc(CNC(=O)C3=Cc4cccnc4CC=C3)c2)c1. The van der Waals surface area contributed by atoms with Gasteiger partial charge in [0.05, 0.1) is 5.69 Å². The van der Waals surface area contributed by atoms with Gasteiger partial charge in [-0.1, -0.05) is 42.5 Å². The number of carbonyl (C=O) groups is 2. The summed E-state index contributed by atoms with van der Waals surface area (Å²) in [5.74, 6) is 1.08. The molecule has 0 bridgehead atoms. The van der Waals surface area contributed by atoms with Crippen LogP contribution in [0.1, 0.15) is 34.1 Å². The van der Waals surface area contributed by atoms with Gasteiger partial charge in [-0.2, -0.15) is 0 Å². The number of Topliss-reactive ketones (excluding diaryl/α,β-unsaturated/α-hetero) is 1. The zero-order valence-electron chi connectivity index (χ0n) is 17.2. The number of rotatable bonds is 6. The molecule has 5 heteroatoms. The summed E-state index contributed by atoms with van der Waals surface area (Å²) in [5, 5.41) is 2.96. The zero-order chi connectivity index (χ0) is 21.6. The number of fused-ring (bicyclic) bond motifs is 1. The number of ether oxygens (including phenoxy) is 1. The Morgan fingerprint density at radius 1 is 1.03 bits per heavy atom. The Labute approximate surface area is 181 Å². The molecule has 0 fully saturated rings. The summed E-state index contributed by atoms with van der Waals surface area (Å²) in [5.41, 5.74) is 4.03. The molecule has 0 radical (unpaired) electrons. The Morgan fingerprint density at radius 2 is 1.84 bits per heavy atom. The molecule has 0 saturated heterocycles. The number of hydrogen-bond acceptors (Lipinski definition) is 4. The summed E-state index contributed by atoms with van der Waals surface area (Å²) in [6, 6.07) is 18.4. The molecule has 2 aromatic carbocycles. The molecule has 3 aromatic rings. The third-order valence-corrected chi connectivity index (χ3v) is 4.94. The minimum Gasteiger partial charge on any atom is -0.457 e. The van der Waals surface area contributed by atoms with E-state index in [2.05, 4.69) is 10.3 Å². The first-order chi connectivity index (χ1) is 15.1. The topological polar surface area (TPSA) is 68.3 Å². The molecule has 1 amide bonds. The van der Waals surface area contributed by atoms with Crippen molar-refractivity contribution >= 4 is 17.8 Å². The monoisotopic (exact) mass is 410 g/mol. The van der Waals surface area contributed by atoms with Crippen LogP contribution in [-0.2, 0) is 17.8 Å². The Bertz CT molecular complexity index is 1190. The van der Waals surface area contributed by atoms with Crippen molar-refractivity contribution in [2.75, 3.05) is 0 Å². The van der Waals surface area contributed by atoms with Gasteiger partial charge in [0.25, 0.3) is 5.91 Å². The number of nitrogens with one attached hydrogen (secondary N) is 1. The van der Waals surface area contributed by atoms with Gasteiger partial charge >= 0.3 is 0 Å². The number of hydrogen-bond donors (Lipinski definition) is 1. The average molecular weight is 410 g/mol. The van der Waals surface area contributed by atoms with E-state index in [4.69, 9.17) is 4.74 Å². The average Bonchev–Trinajstić information content (AvgIpc) is 3.00. The molecule has 1 N–H and O–H groups in total. The molecule has 1 heterocycles. The number of amides is 1. The fourth-order valence-corrected chi connectivity index (χ4v) is 3.32. The van der Waals surface area contributed by atoms with Crippen LogP contribution in [0.5, 0.6) is 11.5 Å². The smallest absolute Gasteiger partial charge is 0.251 e. The Hall–Kier alpha value is -3.99. The maximum atomic E-state index is 12.7. The van der Waals surface area contributed by atoms with Gasteiger partial charge in [-0.05, 0) is 54.5 Å². The Morgan fingerprint density at radius 3 is 2.68 bits per heavy atom. The third-order valence-electron chi connectivity index (χ3n) is 4.94. The fraction of sp³-hybridized carbons (Fsp3) is 0.115. The normalized spacial score (nSPS) is 12.4. The van der Waals surface area contributed by atoms with Gasteiger partial charge in [-0.3, -0.25) is 14.6 Å². The van der Waals surface area contributed by atoms with Crippen LogP contribution < -0.4 is 10.1 Å². The van der Waals surface area contributed by atoms with E-state index in [0.29, 0.717) is 35.6 Å². The van der Waals surface area contributed by atoms with Gasteiger partial charge in [-0.15, -0.1) is 0 Å². The lowest BCUT2D eigenvalue weighted by atomic mass is 10.1. The van der Waals surface area contributed by atoms with E-state index in [1.807, 2.05) is 54.6 Å². The molecule has 31 heavy (non-hydrogen) atoms. The summed E-state index contributed by atoms with van der Waals surface area (Å²) in [4.78, 5) is 28.6. The highest BCUT2D eigenvalue weighted by atomic mass is 16.5. The van der Waals surface area contributed by atoms with Crippen LogP contribution in [0, 0.1) is 0 Å². The standard InChI is InChI=1S/C26H22N2O3/c1-18(29)20-7-3-11-24(16-20)31-23-10-2-6-19(14-23)17-28-26(30)22-8-4-12-25-21(15-22)9-5-13-27-25/h2-11,13-16H,12,17H2,1H3,(H,28,30). The number of pyridine rings is 1. The molecule has 0 spiro atoms. The van der Waals surface area contributed by atoms with Gasteiger partial charge in [0.2, 0.25) is 0 Å². The molecule has 1 aromatic heterocycles. The number of benzene rings is 2. The lowest BCUT2D eigenvalue weighted by molar-refractivity contribution is -0.117. The predicted molar refractivity (Wildman–Crippen MR) is 120 cm³/mol. The van der Waals surface area contributed by atoms with Crippen LogP contribution in [0.3, 0.4) is 0 Å². The van der Waals surface area contributed by atoms with Gasteiger partial charge in [0.15, 0.2) is 5.78 Å².